The normalized spacial score (nSPS) is 24.7. The van der Waals surface area contributed by atoms with Gasteiger partial charge < -0.3 is 20.1 Å². The molecular formula is C16H22ClN3O3. The van der Waals surface area contributed by atoms with E-state index in [0.717, 1.165) is 19.3 Å². The van der Waals surface area contributed by atoms with Gasteiger partial charge in [0.25, 0.3) is 5.91 Å². The van der Waals surface area contributed by atoms with E-state index in [1.54, 1.807) is 17.2 Å². The lowest BCUT2D eigenvalue weighted by Crippen LogP contribution is -2.40. The number of hydrogen-bond acceptors (Lipinski definition) is 5. The summed E-state index contributed by atoms with van der Waals surface area (Å²) in [6.45, 7) is 2.96. The van der Waals surface area contributed by atoms with E-state index in [-0.39, 0.29) is 17.9 Å². The number of aliphatic hydroxyl groups excluding tert-OH is 1. The van der Waals surface area contributed by atoms with E-state index in [1.165, 1.54) is 0 Å². The molecule has 2 N–H and O–H groups in total. The number of hydrogen-bond donors (Lipinski definition) is 2. The van der Waals surface area contributed by atoms with Gasteiger partial charge in [-0.05, 0) is 18.9 Å². The van der Waals surface area contributed by atoms with E-state index >= 15 is 0 Å². The zero-order valence-electron chi connectivity index (χ0n) is 13.0. The van der Waals surface area contributed by atoms with Gasteiger partial charge in [-0.25, -0.2) is 4.98 Å². The number of pyridine rings is 1. The maximum absolute atomic E-state index is 12.4. The van der Waals surface area contributed by atoms with Crippen molar-refractivity contribution in [2.24, 2.45) is 5.92 Å². The minimum atomic E-state index is -0.247. The van der Waals surface area contributed by atoms with Crippen LogP contribution in [0, 0.1) is 5.92 Å². The van der Waals surface area contributed by atoms with Crippen LogP contribution in [0.2, 0.25) is 5.02 Å². The Bertz CT molecular complexity index is 564. The molecule has 126 valence electrons. The number of rotatable bonds is 4. The Balaban J connectivity index is 1.62. The van der Waals surface area contributed by atoms with E-state index in [9.17, 15) is 9.90 Å². The Morgan fingerprint density at radius 2 is 2.22 bits per heavy atom. The van der Waals surface area contributed by atoms with Crippen LogP contribution in [-0.2, 0) is 4.74 Å². The highest BCUT2D eigenvalue weighted by Gasteiger charge is 2.25. The number of nitrogens with zero attached hydrogens (tertiary/aromatic N) is 2. The molecule has 1 aliphatic carbocycles. The van der Waals surface area contributed by atoms with Gasteiger partial charge in [0.15, 0.2) is 0 Å². The van der Waals surface area contributed by atoms with Crippen LogP contribution in [0.25, 0.3) is 0 Å². The van der Waals surface area contributed by atoms with Crippen molar-refractivity contribution in [1.82, 2.24) is 9.88 Å². The minimum absolute atomic E-state index is 0.0690. The van der Waals surface area contributed by atoms with Crippen LogP contribution >= 0.6 is 11.6 Å². The van der Waals surface area contributed by atoms with Crippen LogP contribution in [0.4, 0.5) is 5.82 Å². The SMILES string of the molecule is O=C(c1cnc(NCC2CCCC2O)c(Cl)c1)N1CCOCC1. The third kappa shape index (κ3) is 3.94. The summed E-state index contributed by atoms with van der Waals surface area (Å²) in [5.74, 6) is 0.729. The quantitative estimate of drug-likeness (QED) is 0.874. The second kappa shape index (κ2) is 7.47. The molecule has 1 aliphatic heterocycles. The Morgan fingerprint density at radius 1 is 1.43 bits per heavy atom. The fourth-order valence-electron chi connectivity index (χ4n) is 3.12. The van der Waals surface area contributed by atoms with E-state index in [0.29, 0.717) is 49.3 Å². The number of aliphatic hydroxyl groups is 1. The maximum atomic E-state index is 12.4. The molecule has 1 aromatic heterocycles. The molecule has 2 unspecified atom stereocenters. The predicted octanol–water partition coefficient (Wildman–Crippen LogP) is 1.78. The fraction of sp³-hybridized carbons (Fsp3) is 0.625. The number of morpholine rings is 1. The smallest absolute Gasteiger partial charge is 0.255 e. The number of anilines is 1. The van der Waals surface area contributed by atoms with E-state index in [1.807, 2.05) is 0 Å². The monoisotopic (exact) mass is 339 g/mol. The molecule has 0 radical (unpaired) electrons. The molecule has 2 fully saturated rings. The molecular weight excluding hydrogens is 318 g/mol. The Labute approximate surface area is 140 Å². The molecule has 1 saturated heterocycles. The maximum Gasteiger partial charge on any atom is 0.255 e. The first-order valence-corrected chi connectivity index (χ1v) is 8.47. The molecule has 1 saturated carbocycles. The number of carbonyl (C=O) groups is 1. The number of ether oxygens (including phenoxy) is 1. The zero-order valence-corrected chi connectivity index (χ0v) is 13.8. The molecule has 6 nitrogen and oxygen atoms in total. The van der Waals surface area contributed by atoms with Crippen LogP contribution < -0.4 is 5.32 Å². The van der Waals surface area contributed by atoms with Crippen molar-refractivity contribution in [2.45, 2.75) is 25.4 Å². The van der Waals surface area contributed by atoms with Crippen LogP contribution in [0.1, 0.15) is 29.6 Å². The number of carbonyl (C=O) groups excluding carboxylic acids is 1. The Morgan fingerprint density at radius 3 is 2.87 bits per heavy atom. The Kier molecular flexibility index (Phi) is 5.35. The van der Waals surface area contributed by atoms with E-state index < -0.39 is 0 Å². The third-order valence-corrected chi connectivity index (χ3v) is 4.83. The molecule has 0 bridgehead atoms. The van der Waals surface area contributed by atoms with Gasteiger partial charge in [0, 0.05) is 31.7 Å². The van der Waals surface area contributed by atoms with Crippen molar-refractivity contribution < 1.29 is 14.6 Å². The van der Waals surface area contributed by atoms with Crippen LogP contribution in [0.3, 0.4) is 0 Å². The van der Waals surface area contributed by atoms with Crippen LogP contribution in [0.15, 0.2) is 12.3 Å². The van der Waals surface area contributed by atoms with Crippen LogP contribution in [-0.4, -0.2) is 59.8 Å². The molecule has 0 spiro atoms. The molecule has 23 heavy (non-hydrogen) atoms. The van der Waals surface area contributed by atoms with E-state index in [2.05, 4.69) is 10.3 Å². The lowest BCUT2D eigenvalue weighted by molar-refractivity contribution is 0.0302. The lowest BCUT2D eigenvalue weighted by atomic mass is 10.1. The first-order chi connectivity index (χ1) is 11.1. The first-order valence-electron chi connectivity index (χ1n) is 8.09. The second-order valence-corrected chi connectivity index (χ2v) is 6.51. The summed E-state index contributed by atoms with van der Waals surface area (Å²) in [6.07, 6.45) is 4.24. The van der Waals surface area contributed by atoms with Gasteiger partial charge in [-0.3, -0.25) is 4.79 Å². The standard InChI is InChI=1S/C16H22ClN3O3/c17-13-8-12(16(22)20-4-6-23-7-5-20)10-19-15(13)18-9-11-2-1-3-14(11)21/h8,10-11,14,21H,1-7,9H2,(H,18,19). The highest BCUT2D eigenvalue weighted by atomic mass is 35.5. The fourth-order valence-corrected chi connectivity index (χ4v) is 3.35. The van der Waals surface area contributed by atoms with Gasteiger partial charge in [-0.15, -0.1) is 0 Å². The summed E-state index contributed by atoms with van der Waals surface area (Å²) in [5, 5.41) is 13.5. The summed E-state index contributed by atoms with van der Waals surface area (Å²) in [7, 11) is 0. The predicted molar refractivity (Wildman–Crippen MR) is 87.8 cm³/mol. The topological polar surface area (TPSA) is 74.7 Å². The van der Waals surface area contributed by atoms with Gasteiger partial charge in [-0.1, -0.05) is 18.0 Å². The van der Waals surface area contributed by atoms with Gasteiger partial charge in [0.05, 0.1) is 29.9 Å². The van der Waals surface area contributed by atoms with Crippen molar-refractivity contribution in [3.05, 3.63) is 22.8 Å². The molecule has 2 heterocycles. The number of nitrogens with one attached hydrogen (secondary N) is 1. The summed E-state index contributed by atoms with van der Waals surface area (Å²) < 4.78 is 5.25. The van der Waals surface area contributed by atoms with E-state index in [4.69, 9.17) is 16.3 Å². The molecule has 7 heteroatoms. The number of amides is 1. The van der Waals surface area contributed by atoms with Crippen molar-refractivity contribution in [3.63, 3.8) is 0 Å². The van der Waals surface area contributed by atoms with Gasteiger partial charge in [0.1, 0.15) is 5.82 Å². The minimum Gasteiger partial charge on any atom is -0.393 e. The number of aromatic nitrogens is 1. The van der Waals surface area contributed by atoms with Crippen molar-refractivity contribution in [3.8, 4) is 0 Å². The highest BCUT2D eigenvalue weighted by molar-refractivity contribution is 6.33. The number of halogens is 1. The van der Waals surface area contributed by atoms with Gasteiger partial charge in [0.2, 0.25) is 0 Å². The van der Waals surface area contributed by atoms with Gasteiger partial charge >= 0.3 is 0 Å². The zero-order chi connectivity index (χ0) is 16.2. The largest absolute Gasteiger partial charge is 0.393 e. The molecule has 1 amide bonds. The third-order valence-electron chi connectivity index (χ3n) is 4.54. The molecule has 1 aromatic rings. The summed E-state index contributed by atoms with van der Waals surface area (Å²) in [5.41, 5.74) is 0.489. The Hall–Kier alpha value is -1.37. The van der Waals surface area contributed by atoms with Crippen molar-refractivity contribution >= 4 is 23.3 Å². The lowest BCUT2D eigenvalue weighted by Gasteiger charge is -2.26. The summed E-state index contributed by atoms with van der Waals surface area (Å²) >= 11 is 6.25. The average Bonchev–Trinajstić information content (AvgIpc) is 2.99. The summed E-state index contributed by atoms with van der Waals surface area (Å²) in [6, 6.07) is 1.65. The second-order valence-electron chi connectivity index (χ2n) is 6.10. The molecule has 0 aromatic carbocycles. The van der Waals surface area contributed by atoms with Gasteiger partial charge in [-0.2, -0.15) is 0 Å². The molecule has 2 aliphatic rings. The van der Waals surface area contributed by atoms with Crippen molar-refractivity contribution in [1.29, 1.82) is 0 Å². The summed E-state index contributed by atoms with van der Waals surface area (Å²) in [4.78, 5) is 18.4. The molecule has 3 rings (SSSR count). The average molecular weight is 340 g/mol. The first kappa shape index (κ1) is 16.5. The van der Waals surface area contributed by atoms with Crippen molar-refractivity contribution in [2.75, 3.05) is 38.2 Å². The highest BCUT2D eigenvalue weighted by Crippen LogP contribution is 2.27. The molecule has 2 atom stereocenters. The van der Waals surface area contributed by atoms with Crippen LogP contribution in [0.5, 0.6) is 0 Å².